The number of benzene rings is 1. The molecule has 0 saturated carbocycles. The van der Waals surface area contributed by atoms with E-state index in [1.807, 2.05) is 13.8 Å². The second-order valence-corrected chi connectivity index (χ2v) is 16.5. The molecule has 338 valence electrons. The van der Waals surface area contributed by atoms with E-state index in [1.165, 1.54) is 51.3 Å². The Morgan fingerprint density at radius 1 is 0.919 bits per heavy atom. The van der Waals surface area contributed by atoms with E-state index in [0.717, 1.165) is 14.7 Å². The molecular weight excluding hydrogens is 805 g/mol. The van der Waals surface area contributed by atoms with Gasteiger partial charge in [0, 0.05) is 40.3 Å². The number of ether oxygens (including phenoxy) is 1. The fraction of sp³-hybridized carbons (Fsp3) is 0.558. The lowest BCUT2D eigenvalue weighted by Gasteiger charge is -2.36. The first-order chi connectivity index (χ1) is 29.2. The Hall–Kier alpha value is -6.11. The molecule has 1 aromatic carbocycles. The summed E-state index contributed by atoms with van der Waals surface area (Å²) in [4.78, 5) is 121. The highest BCUT2D eigenvalue weighted by Gasteiger charge is 2.45. The van der Waals surface area contributed by atoms with Crippen LogP contribution in [0.4, 0.5) is 0 Å². The Labute approximate surface area is 361 Å². The van der Waals surface area contributed by atoms with Crippen molar-refractivity contribution in [3.05, 3.63) is 59.9 Å². The summed E-state index contributed by atoms with van der Waals surface area (Å²) in [6.45, 7) is 8.92. The molecule has 2 fully saturated rings. The highest BCUT2D eigenvalue weighted by Crippen LogP contribution is 2.26. The van der Waals surface area contributed by atoms with Crippen LogP contribution in [0.2, 0.25) is 0 Å². The molecule has 4 rings (SSSR count). The molecule has 0 spiro atoms. The molecule has 0 bridgehead atoms. The first kappa shape index (κ1) is 48.6. The zero-order valence-corrected chi connectivity index (χ0v) is 36.7. The van der Waals surface area contributed by atoms with Crippen molar-refractivity contribution in [3.63, 3.8) is 0 Å². The number of amides is 7. The summed E-state index contributed by atoms with van der Waals surface area (Å²) in [6.07, 6.45) is -1.21. The number of hydrogen-bond acceptors (Lipinski definition) is 12. The number of nitrogens with one attached hydrogen (secondary N) is 3. The van der Waals surface area contributed by atoms with Crippen LogP contribution >= 0.6 is 0 Å². The first-order valence-electron chi connectivity index (χ1n) is 20.7. The number of carbonyl (C=O) groups is 8. The Kier molecular flexibility index (Phi) is 16.5. The van der Waals surface area contributed by atoms with Crippen molar-refractivity contribution in [2.45, 2.75) is 96.8 Å². The van der Waals surface area contributed by atoms with Crippen molar-refractivity contribution in [1.29, 1.82) is 0 Å². The molecule has 62 heavy (non-hydrogen) atoms. The predicted molar refractivity (Wildman–Crippen MR) is 223 cm³/mol. The van der Waals surface area contributed by atoms with Gasteiger partial charge in [-0.1, -0.05) is 71.4 Å². The van der Waals surface area contributed by atoms with Gasteiger partial charge in [-0.05, 0) is 42.4 Å². The summed E-state index contributed by atoms with van der Waals surface area (Å²) in [7, 11) is 4.11. The van der Waals surface area contributed by atoms with Crippen molar-refractivity contribution in [3.8, 4) is 5.75 Å². The molecule has 0 aliphatic carbocycles. The molecule has 2 aliphatic rings. The maximum atomic E-state index is 14.5. The monoisotopic (exact) mass is 864 g/mol. The van der Waals surface area contributed by atoms with Crippen LogP contribution in [-0.4, -0.2) is 159 Å². The fourth-order valence-corrected chi connectivity index (χ4v) is 7.51. The molecule has 5 N–H and O–H groups in total. The number of hydrogen-bond donors (Lipinski definition) is 5. The minimum atomic E-state index is -1.74. The summed E-state index contributed by atoms with van der Waals surface area (Å²) in [5.41, 5.74) is -0.142. The molecule has 0 radical (unpaired) electrons. The molecule has 2 saturated heterocycles. The van der Waals surface area contributed by atoms with Crippen LogP contribution in [0.15, 0.2) is 48.7 Å². The van der Waals surface area contributed by atoms with Gasteiger partial charge in [0.25, 0.3) is 5.91 Å². The van der Waals surface area contributed by atoms with E-state index < -0.39 is 126 Å². The number of aromatic nitrogens is 1. The second-order valence-electron chi connectivity index (χ2n) is 16.5. The maximum Gasteiger partial charge on any atom is 0.333 e. The zero-order chi connectivity index (χ0) is 46.2. The third-order valence-corrected chi connectivity index (χ3v) is 11.9. The topological polar surface area (TPSA) is 248 Å². The molecule has 19 heteroatoms. The third-order valence-electron chi connectivity index (χ3n) is 11.9. The van der Waals surface area contributed by atoms with E-state index in [1.54, 1.807) is 51.1 Å². The molecule has 0 unspecified atom stereocenters. The number of esters is 1. The van der Waals surface area contributed by atoms with E-state index in [2.05, 4.69) is 20.9 Å². The summed E-state index contributed by atoms with van der Waals surface area (Å²) in [5.74, 6) is -8.08. The van der Waals surface area contributed by atoms with Crippen LogP contribution < -0.4 is 16.0 Å². The molecule has 1 aromatic heterocycles. The van der Waals surface area contributed by atoms with Crippen LogP contribution in [0, 0.1) is 17.8 Å². The summed E-state index contributed by atoms with van der Waals surface area (Å²) < 4.78 is 5.88. The van der Waals surface area contributed by atoms with Gasteiger partial charge in [-0.3, -0.25) is 33.6 Å². The average Bonchev–Trinajstić information content (AvgIpc) is 3.63. The van der Waals surface area contributed by atoms with Gasteiger partial charge in [-0.2, -0.15) is 0 Å². The minimum Gasteiger partial charge on any atom is -0.505 e. The van der Waals surface area contributed by atoms with Crippen molar-refractivity contribution in [2.24, 2.45) is 17.8 Å². The maximum absolute atomic E-state index is 14.5. The highest BCUT2D eigenvalue weighted by molar-refractivity contribution is 6.00. The Bertz CT molecular complexity index is 1980. The average molecular weight is 865 g/mol. The fourth-order valence-electron chi connectivity index (χ4n) is 7.51. The van der Waals surface area contributed by atoms with Gasteiger partial charge < -0.3 is 50.5 Å². The van der Waals surface area contributed by atoms with Crippen LogP contribution in [0.3, 0.4) is 0 Å². The molecule has 19 nitrogen and oxygen atoms in total. The van der Waals surface area contributed by atoms with E-state index in [4.69, 9.17) is 4.74 Å². The zero-order valence-electron chi connectivity index (χ0n) is 36.7. The first-order valence-corrected chi connectivity index (χ1v) is 20.7. The normalized spacial score (nSPS) is 26.5. The van der Waals surface area contributed by atoms with E-state index >= 15 is 0 Å². The quantitative estimate of drug-likeness (QED) is 0.235. The molecule has 3 heterocycles. The molecule has 7 amide bonds. The Balaban J connectivity index is 1.84. The number of carbonyl (C=O) groups excluding carboxylic acids is 8. The van der Waals surface area contributed by atoms with E-state index in [0.29, 0.717) is 12.0 Å². The number of cyclic esters (lactones) is 1. The number of rotatable bonds is 7. The molecular formula is C43H60N8O11. The lowest BCUT2D eigenvalue weighted by Crippen LogP contribution is -2.61. The second kappa shape index (κ2) is 21.1. The number of pyridine rings is 1. The van der Waals surface area contributed by atoms with Gasteiger partial charge in [0.05, 0.1) is 19.2 Å². The number of aliphatic hydroxyl groups is 1. The van der Waals surface area contributed by atoms with Gasteiger partial charge >= 0.3 is 5.97 Å². The summed E-state index contributed by atoms with van der Waals surface area (Å²) in [5, 5.41) is 29.0. The number of aliphatic hydroxyl groups excluding tert-OH is 1. The van der Waals surface area contributed by atoms with Crippen LogP contribution in [0.5, 0.6) is 5.75 Å². The van der Waals surface area contributed by atoms with Crippen molar-refractivity contribution in [2.75, 3.05) is 40.8 Å². The van der Waals surface area contributed by atoms with Gasteiger partial charge in [0.15, 0.2) is 11.7 Å². The van der Waals surface area contributed by atoms with E-state index in [-0.39, 0.29) is 18.9 Å². The van der Waals surface area contributed by atoms with Gasteiger partial charge in [-0.15, -0.1) is 0 Å². The smallest absolute Gasteiger partial charge is 0.333 e. The SMILES string of the molecule is CC[C@H](C)[C@@H]1NC(=O)[C@@H](NC(=O)c2ncccc2O)[C@@H](C)OC(=O)[C@@H](c2ccccc2)N(C)C(=O)CNC(=O)[C@H]([C@@H](C)C(C)C)N(C)C(=O)CN(C)C(=O)[C@@H]2C[C@@H](O)CN2C1=O. The largest absolute Gasteiger partial charge is 0.505 e. The molecule has 2 aliphatic heterocycles. The van der Waals surface area contributed by atoms with Gasteiger partial charge in [-0.25, -0.2) is 9.78 Å². The van der Waals surface area contributed by atoms with Crippen molar-refractivity contribution in [1.82, 2.24) is 40.5 Å². The van der Waals surface area contributed by atoms with Crippen LogP contribution in [-0.2, 0) is 38.3 Å². The predicted octanol–water partition coefficient (Wildman–Crippen LogP) is 0.217. The van der Waals surface area contributed by atoms with E-state index in [9.17, 15) is 48.6 Å². The van der Waals surface area contributed by atoms with Crippen molar-refractivity contribution >= 4 is 47.3 Å². The highest BCUT2D eigenvalue weighted by atomic mass is 16.5. The van der Waals surface area contributed by atoms with Crippen LogP contribution in [0.25, 0.3) is 0 Å². The number of nitrogens with zero attached hydrogens (tertiary/aromatic N) is 5. The number of aromatic hydroxyl groups is 1. The van der Waals surface area contributed by atoms with Crippen LogP contribution in [0.1, 0.15) is 76.5 Å². The lowest BCUT2D eigenvalue weighted by atomic mass is 9.88. The summed E-state index contributed by atoms with van der Waals surface area (Å²) >= 11 is 0. The molecule has 2 aromatic rings. The van der Waals surface area contributed by atoms with Crippen molar-refractivity contribution < 1.29 is 53.3 Å². The molecule has 9 atom stereocenters. The Morgan fingerprint density at radius 2 is 1.58 bits per heavy atom. The number of fused-ring (bicyclic) bond motifs is 1. The van der Waals surface area contributed by atoms with Gasteiger partial charge in [0.2, 0.25) is 35.4 Å². The summed E-state index contributed by atoms with van der Waals surface area (Å²) in [6, 6.07) is 3.86. The number of likely N-dealkylation sites (N-methyl/N-ethyl adjacent to an activating group) is 3. The standard InChI is InChI=1S/C43H60N8O11/c1-10-24(4)33-42(60)51-21-28(52)19-29(51)41(59)48(7)22-32(55)50(9)36(25(5)23(2)3)40(58)45-20-31(54)49(8)37(27-15-12-11-13-16-27)43(61)62-26(6)34(38(56)46-33)47-39(57)35-30(53)17-14-18-44-35/h11-18,23-26,28-29,33-34,36-37,52-53H,10,19-22H2,1-9H3,(H,45,58)(H,46,56)(H,47,57)/t24-,25-,26+,28+,29-,33-,34-,36-,37+/m0/s1. The van der Waals surface area contributed by atoms with Gasteiger partial charge in [0.1, 0.15) is 36.0 Å². The Morgan fingerprint density at radius 3 is 2.19 bits per heavy atom. The lowest BCUT2D eigenvalue weighted by molar-refractivity contribution is -0.160. The minimum absolute atomic E-state index is 0.113. The third kappa shape index (κ3) is 11.2.